The van der Waals surface area contributed by atoms with E-state index in [0.717, 1.165) is 10.5 Å². The van der Waals surface area contributed by atoms with Crippen LogP contribution in [0.5, 0.6) is 5.75 Å². The first kappa shape index (κ1) is 18.8. The fourth-order valence-corrected chi connectivity index (χ4v) is 4.20. The highest BCUT2D eigenvalue weighted by Gasteiger charge is 2.74. The van der Waals surface area contributed by atoms with Crippen LogP contribution in [0.4, 0.5) is 19.4 Å². The van der Waals surface area contributed by atoms with Gasteiger partial charge >= 0.3 is 6.09 Å². The molecule has 1 aliphatic carbocycles. The van der Waals surface area contributed by atoms with E-state index in [0.29, 0.717) is 36.7 Å². The van der Waals surface area contributed by atoms with Crippen molar-refractivity contribution in [3.05, 3.63) is 30.0 Å². The van der Waals surface area contributed by atoms with E-state index in [9.17, 15) is 18.4 Å². The minimum atomic E-state index is -2.72. The lowest BCUT2D eigenvalue weighted by Crippen LogP contribution is -2.43. The van der Waals surface area contributed by atoms with Crippen LogP contribution < -0.4 is 15.4 Å². The average Bonchev–Trinajstić information content (AvgIpc) is 3.18. The van der Waals surface area contributed by atoms with Gasteiger partial charge in [0.1, 0.15) is 24.3 Å². The van der Waals surface area contributed by atoms with Crippen molar-refractivity contribution in [1.82, 2.24) is 9.55 Å². The number of carbonyl (C=O) groups excluding carboxylic acids is 2. The maximum atomic E-state index is 13.7. The number of anilines is 1. The molecule has 0 bridgehead atoms. The van der Waals surface area contributed by atoms with Crippen molar-refractivity contribution in [2.45, 2.75) is 44.4 Å². The molecule has 5 rings (SSSR count). The lowest BCUT2D eigenvalue weighted by atomic mass is 9.99. The highest BCUT2D eigenvalue weighted by molar-refractivity contribution is 5.93. The zero-order valence-corrected chi connectivity index (χ0v) is 16.2. The van der Waals surface area contributed by atoms with Crippen LogP contribution in [0, 0.1) is 5.92 Å². The molecule has 1 saturated heterocycles. The molecule has 0 spiro atoms. The first-order chi connectivity index (χ1) is 14.3. The summed E-state index contributed by atoms with van der Waals surface area (Å²) < 4.78 is 40.1. The van der Waals surface area contributed by atoms with Gasteiger partial charge in [-0.3, -0.25) is 4.79 Å². The second kappa shape index (κ2) is 6.41. The molecule has 2 aromatic rings. The number of hydrogen-bond donors (Lipinski definition) is 1. The summed E-state index contributed by atoms with van der Waals surface area (Å²) in [5.41, 5.74) is 5.30. The molecule has 3 heterocycles. The predicted molar refractivity (Wildman–Crippen MR) is 101 cm³/mol. The largest absolute Gasteiger partial charge is 0.491 e. The van der Waals surface area contributed by atoms with Crippen LogP contribution >= 0.6 is 0 Å². The van der Waals surface area contributed by atoms with E-state index >= 15 is 0 Å². The molecular weight excluding hydrogens is 398 g/mol. The Hall–Kier alpha value is -3.17. The van der Waals surface area contributed by atoms with E-state index < -0.39 is 24.2 Å². The summed E-state index contributed by atoms with van der Waals surface area (Å²) in [5, 5.41) is 0. The van der Waals surface area contributed by atoms with E-state index in [1.54, 1.807) is 17.7 Å². The molecule has 10 heteroatoms. The zero-order valence-electron chi connectivity index (χ0n) is 16.2. The minimum Gasteiger partial charge on any atom is -0.491 e. The maximum Gasteiger partial charge on any atom is 0.416 e. The number of halogens is 2. The van der Waals surface area contributed by atoms with Crippen molar-refractivity contribution in [3.8, 4) is 17.1 Å². The Morgan fingerprint density at radius 1 is 1.43 bits per heavy atom. The van der Waals surface area contributed by atoms with Gasteiger partial charge < -0.3 is 19.8 Å². The van der Waals surface area contributed by atoms with Gasteiger partial charge in [0.05, 0.1) is 12.1 Å². The Labute approximate surface area is 170 Å². The molecule has 2 N–H and O–H groups in total. The van der Waals surface area contributed by atoms with E-state index in [2.05, 4.69) is 4.98 Å². The maximum absolute atomic E-state index is 13.7. The van der Waals surface area contributed by atoms with Crippen LogP contribution in [0.15, 0.2) is 24.4 Å². The lowest BCUT2D eigenvalue weighted by molar-refractivity contribution is -0.121. The normalized spacial score (nSPS) is 25.0. The van der Waals surface area contributed by atoms with Gasteiger partial charge in [-0.25, -0.2) is 23.5 Å². The van der Waals surface area contributed by atoms with Crippen molar-refractivity contribution >= 4 is 17.8 Å². The van der Waals surface area contributed by atoms with Gasteiger partial charge in [0, 0.05) is 18.5 Å². The fraction of sp³-hybridized carbons (Fsp3) is 0.450. The molecule has 3 atom stereocenters. The third-order valence-corrected chi connectivity index (χ3v) is 6.03. The monoisotopic (exact) mass is 418 g/mol. The molecule has 1 unspecified atom stereocenters. The molecule has 2 fully saturated rings. The summed E-state index contributed by atoms with van der Waals surface area (Å²) in [6, 6.07) is 5.51. The molecule has 1 aromatic heterocycles. The molecule has 1 aromatic carbocycles. The van der Waals surface area contributed by atoms with Crippen molar-refractivity contribution in [2.24, 2.45) is 11.7 Å². The fourth-order valence-electron chi connectivity index (χ4n) is 4.20. The number of alkyl halides is 2. The van der Waals surface area contributed by atoms with Crippen LogP contribution in [0.1, 0.15) is 18.9 Å². The van der Waals surface area contributed by atoms with Crippen LogP contribution in [0.25, 0.3) is 11.4 Å². The summed E-state index contributed by atoms with van der Waals surface area (Å²) in [5.74, 6) is 0.551. The first-order valence-corrected chi connectivity index (χ1v) is 9.73. The van der Waals surface area contributed by atoms with Crippen LogP contribution in [0.3, 0.4) is 0 Å². The van der Waals surface area contributed by atoms with Gasteiger partial charge in [-0.15, -0.1) is 0 Å². The van der Waals surface area contributed by atoms with Crippen LogP contribution in [-0.4, -0.2) is 46.2 Å². The highest BCUT2D eigenvalue weighted by Crippen LogP contribution is 2.55. The van der Waals surface area contributed by atoms with E-state index in [1.165, 1.54) is 0 Å². The van der Waals surface area contributed by atoms with E-state index in [-0.39, 0.29) is 24.1 Å². The molecule has 8 nitrogen and oxygen atoms in total. The van der Waals surface area contributed by atoms with Gasteiger partial charge in [-0.2, -0.15) is 0 Å². The number of ether oxygens (including phenoxy) is 2. The Morgan fingerprint density at radius 2 is 2.23 bits per heavy atom. The second-order valence-corrected chi connectivity index (χ2v) is 8.01. The van der Waals surface area contributed by atoms with Gasteiger partial charge in [0.15, 0.2) is 11.4 Å². The first-order valence-electron chi connectivity index (χ1n) is 9.73. The molecule has 2 amide bonds. The Balaban J connectivity index is 1.51. The predicted octanol–water partition coefficient (Wildman–Crippen LogP) is 2.34. The van der Waals surface area contributed by atoms with Crippen molar-refractivity contribution in [2.75, 3.05) is 11.5 Å². The number of benzene rings is 1. The highest BCUT2D eigenvalue weighted by atomic mass is 19.3. The standard InChI is InChI=1S/C20H20F2N4O4/c1-10(16(23)27)6-11-2-3-12-13(7-11)29-5-4-25-9-15(24-17(12)25)26-19(28)30-14-8-20(14,26)18(21)22/h2-3,7,9-10,14,18H,4-6,8H2,1H3,(H2,23,27)/t10-,14?,20+/m1/s1. The molecule has 3 aliphatic rings. The van der Waals surface area contributed by atoms with Gasteiger partial charge in [0.25, 0.3) is 6.43 Å². The van der Waals surface area contributed by atoms with Gasteiger partial charge in [-0.05, 0) is 24.1 Å². The Kier molecular flexibility index (Phi) is 4.03. The average molecular weight is 418 g/mol. The second-order valence-electron chi connectivity index (χ2n) is 8.01. The third kappa shape index (κ3) is 2.66. The lowest BCUT2D eigenvalue weighted by Gasteiger charge is -2.22. The SMILES string of the molecule is C[C@H](Cc1ccc2c(c1)OCCn1cc(N3C(=O)OC4C[C@@]43C(F)F)nc1-2)C(N)=O. The number of carbonyl (C=O) groups is 2. The van der Waals surface area contributed by atoms with Gasteiger partial charge in [-0.1, -0.05) is 13.0 Å². The summed E-state index contributed by atoms with van der Waals surface area (Å²) in [7, 11) is 0. The molecule has 1 saturated carbocycles. The Bertz CT molecular complexity index is 1060. The van der Waals surface area contributed by atoms with Crippen molar-refractivity contribution < 1.29 is 27.8 Å². The number of primary amides is 1. The number of amides is 2. The number of rotatable bonds is 5. The van der Waals surface area contributed by atoms with Crippen LogP contribution in [-0.2, 0) is 22.5 Å². The topological polar surface area (TPSA) is 99.7 Å². The number of fused-ring (bicyclic) bond motifs is 4. The molecule has 158 valence electrons. The molecule has 2 aliphatic heterocycles. The molecular formula is C20H20F2N4O4. The number of aromatic nitrogens is 2. The zero-order chi connectivity index (χ0) is 21.2. The number of nitrogens with two attached hydrogens (primary N) is 1. The summed E-state index contributed by atoms with van der Waals surface area (Å²) in [6.07, 6.45) is -2.16. The summed E-state index contributed by atoms with van der Waals surface area (Å²) in [6.45, 7) is 2.54. The third-order valence-electron chi connectivity index (χ3n) is 6.03. The quantitative estimate of drug-likeness (QED) is 0.804. The smallest absolute Gasteiger partial charge is 0.416 e. The van der Waals surface area contributed by atoms with Crippen LogP contribution in [0.2, 0.25) is 0 Å². The summed E-state index contributed by atoms with van der Waals surface area (Å²) in [4.78, 5) is 29.1. The number of imidazole rings is 1. The number of nitrogens with zero attached hydrogens (tertiary/aromatic N) is 3. The molecule has 0 radical (unpaired) electrons. The van der Waals surface area contributed by atoms with Crippen molar-refractivity contribution in [1.29, 1.82) is 0 Å². The number of hydrogen-bond acceptors (Lipinski definition) is 5. The molecule has 30 heavy (non-hydrogen) atoms. The van der Waals surface area contributed by atoms with Crippen molar-refractivity contribution in [3.63, 3.8) is 0 Å². The minimum absolute atomic E-state index is 0.0969. The van der Waals surface area contributed by atoms with E-state index in [1.807, 2.05) is 18.2 Å². The van der Waals surface area contributed by atoms with Gasteiger partial charge in [0.2, 0.25) is 5.91 Å². The summed E-state index contributed by atoms with van der Waals surface area (Å²) >= 11 is 0. The Morgan fingerprint density at radius 3 is 2.97 bits per heavy atom. The van der Waals surface area contributed by atoms with E-state index in [4.69, 9.17) is 15.2 Å².